The van der Waals surface area contributed by atoms with Gasteiger partial charge in [0.15, 0.2) is 0 Å². The van der Waals surface area contributed by atoms with Crippen LogP contribution in [0.1, 0.15) is 52.8 Å². The molecule has 0 saturated carbocycles. The summed E-state index contributed by atoms with van der Waals surface area (Å²) in [7, 11) is 0. The van der Waals surface area contributed by atoms with Gasteiger partial charge in [-0.15, -0.1) is 0 Å². The molecular formula is C35H37N3O. The predicted molar refractivity (Wildman–Crippen MR) is 159 cm³/mol. The Bertz CT molecular complexity index is 1530. The average Bonchev–Trinajstić information content (AvgIpc) is 3.40. The van der Waals surface area contributed by atoms with Crippen molar-refractivity contribution in [3.63, 3.8) is 0 Å². The number of aromatic nitrogens is 3. The number of ether oxygens (including phenoxy) is 1. The van der Waals surface area contributed by atoms with Gasteiger partial charge in [-0.2, -0.15) is 5.10 Å². The summed E-state index contributed by atoms with van der Waals surface area (Å²) in [6.45, 7) is 13.8. The fourth-order valence-electron chi connectivity index (χ4n) is 6.35. The highest BCUT2D eigenvalue weighted by atomic mass is 16.5. The molecule has 0 unspecified atom stereocenters. The molecule has 0 aliphatic heterocycles. The second-order valence-electron chi connectivity index (χ2n) is 12.1. The van der Waals surface area contributed by atoms with Crippen LogP contribution in [0.4, 0.5) is 0 Å². The third-order valence-electron chi connectivity index (χ3n) is 7.57. The lowest BCUT2D eigenvalue weighted by Gasteiger charge is -2.53. The quantitative estimate of drug-likeness (QED) is 0.226. The van der Waals surface area contributed by atoms with E-state index >= 15 is 0 Å². The SMILES string of the molecule is CC(C)(C)C(c1cccc(Oc2cccc(-n3cc(-c4ccccc4)cn3)c2)c1)(c1ccccn1)C(C)(C)C. The van der Waals surface area contributed by atoms with Gasteiger partial charge in [-0.1, -0.05) is 96.1 Å². The van der Waals surface area contributed by atoms with Crippen LogP contribution in [0.5, 0.6) is 11.5 Å². The summed E-state index contributed by atoms with van der Waals surface area (Å²) in [5.74, 6) is 1.56. The number of nitrogens with zero attached hydrogens (tertiary/aromatic N) is 3. The van der Waals surface area contributed by atoms with Gasteiger partial charge in [0, 0.05) is 29.4 Å². The van der Waals surface area contributed by atoms with Crippen molar-refractivity contribution >= 4 is 0 Å². The molecule has 0 aliphatic carbocycles. The van der Waals surface area contributed by atoms with E-state index in [1.54, 1.807) is 0 Å². The number of hydrogen-bond acceptors (Lipinski definition) is 3. The molecule has 0 spiro atoms. The molecule has 4 heteroatoms. The Balaban J connectivity index is 1.50. The molecule has 0 fully saturated rings. The smallest absolute Gasteiger partial charge is 0.129 e. The van der Waals surface area contributed by atoms with Gasteiger partial charge < -0.3 is 4.74 Å². The summed E-state index contributed by atoms with van der Waals surface area (Å²) in [6, 6.07) is 33.0. The lowest BCUT2D eigenvalue weighted by molar-refractivity contribution is 0.0863. The Labute approximate surface area is 232 Å². The van der Waals surface area contributed by atoms with E-state index in [9.17, 15) is 0 Å². The van der Waals surface area contributed by atoms with Crippen LogP contribution < -0.4 is 4.74 Å². The highest BCUT2D eigenvalue weighted by Gasteiger charge is 2.54. The lowest BCUT2D eigenvalue weighted by Crippen LogP contribution is -2.51. The fourth-order valence-corrected chi connectivity index (χ4v) is 6.35. The second-order valence-corrected chi connectivity index (χ2v) is 12.1. The summed E-state index contributed by atoms with van der Waals surface area (Å²) in [6.07, 6.45) is 5.83. The molecule has 5 aromatic rings. The van der Waals surface area contributed by atoms with Gasteiger partial charge >= 0.3 is 0 Å². The zero-order valence-corrected chi connectivity index (χ0v) is 23.7. The molecule has 0 N–H and O–H groups in total. The first kappa shape index (κ1) is 26.4. The molecule has 0 aliphatic rings. The Morgan fingerprint density at radius 2 is 1.31 bits per heavy atom. The number of rotatable bonds is 6. The van der Waals surface area contributed by atoms with E-state index in [2.05, 4.69) is 89.1 Å². The second kappa shape index (κ2) is 10.2. The molecule has 4 nitrogen and oxygen atoms in total. The van der Waals surface area contributed by atoms with E-state index < -0.39 is 0 Å². The highest BCUT2D eigenvalue weighted by Crippen LogP contribution is 2.57. The molecule has 0 amide bonds. The molecule has 2 heterocycles. The molecule has 3 aromatic carbocycles. The maximum atomic E-state index is 6.47. The molecular weight excluding hydrogens is 478 g/mol. The molecule has 0 saturated heterocycles. The van der Waals surface area contributed by atoms with E-state index in [1.807, 2.05) is 77.9 Å². The van der Waals surface area contributed by atoms with Crippen LogP contribution in [0.2, 0.25) is 0 Å². The van der Waals surface area contributed by atoms with Gasteiger partial charge in [-0.25, -0.2) is 4.68 Å². The van der Waals surface area contributed by atoms with E-state index in [0.29, 0.717) is 0 Å². The molecule has 0 radical (unpaired) electrons. The van der Waals surface area contributed by atoms with E-state index in [1.165, 1.54) is 5.56 Å². The van der Waals surface area contributed by atoms with Gasteiger partial charge in [0.25, 0.3) is 0 Å². The molecule has 0 atom stereocenters. The average molecular weight is 516 g/mol. The topological polar surface area (TPSA) is 39.9 Å². The Hall–Kier alpha value is -4.18. The monoisotopic (exact) mass is 515 g/mol. The van der Waals surface area contributed by atoms with Crippen LogP contribution in [0.25, 0.3) is 16.8 Å². The standard InChI is InChI=1S/C35H37N3O/c1-33(2,3)35(34(4,5)6,32-20-10-11-21-36-32)28-16-12-18-30(22-28)39-31-19-13-17-29(23-31)38-25-27(24-37-38)26-14-8-7-9-15-26/h7-25H,1-6H3. The van der Waals surface area contributed by atoms with Crippen molar-refractivity contribution in [3.8, 4) is 28.3 Å². The minimum atomic E-state index is -0.356. The summed E-state index contributed by atoms with van der Waals surface area (Å²) >= 11 is 0. The number of benzene rings is 3. The number of pyridine rings is 1. The Kier molecular flexibility index (Phi) is 6.90. The molecule has 2 aromatic heterocycles. The van der Waals surface area contributed by atoms with Gasteiger partial charge in [-0.05, 0) is 58.4 Å². The fraction of sp³-hybridized carbons (Fsp3) is 0.257. The summed E-state index contributed by atoms with van der Waals surface area (Å²) in [5, 5.41) is 4.60. The third kappa shape index (κ3) is 4.99. The Morgan fingerprint density at radius 3 is 1.97 bits per heavy atom. The van der Waals surface area contributed by atoms with Crippen molar-refractivity contribution in [2.45, 2.75) is 47.0 Å². The maximum absolute atomic E-state index is 6.47. The van der Waals surface area contributed by atoms with E-state index in [4.69, 9.17) is 9.72 Å². The van der Waals surface area contributed by atoms with Gasteiger partial charge in [0.1, 0.15) is 11.5 Å². The summed E-state index contributed by atoms with van der Waals surface area (Å²) in [4.78, 5) is 4.89. The van der Waals surface area contributed by atoms with Crippen molar-refractivity contribution in [2.75, 3.05) is 0 Å². The van der Waals surface area contributed by atoms with Crippen molar-refractivity contribution in [3.05, 3.63) is 127 Å². The van der Waals surface area contributed by atoms with Crippen LogP contribution in [0, 0.1) is 10.8 Å². The first-order chi connectivity index (χ1) is 18.6. The van der Waals surface area contributed by atoms with Gasteiger partial charge in [0.2, 0.25) is 0 Å². The van der Waals surface area contributed by atoms with Crippen LogP contribution in [0.3, 0.4) is 0 Å². The Morgan fingerprint density at radius 1 is 0.641 bits per heavy atom. The molecule has 198 valence electrons. The minimum Gasteiger partial charge on any atom is -0.457 e. The van der Waals surface area contributed by atoms with Gasteiger partial charge in [0.05, 0.1) is 17.6 Å². The number of hydrogen-bond donors (Lipinski definition) is 0. The first-order valence-electron chi connectivity index (χ1n) is 13.5. The minimum absolute atomic E-state index is 0.116. The normalized spacial score (nSPS) is 12.4. The van der Waals surface area contributed by atoms with Crippen molar-refractivity contribution in [1.82, 2.24) is 14.8 Å². The third-order valence-corrected chi connectivity index (χ3v) is 7.57. The predicted octanol–water partition coefficient (Wildman–Crippen LogP) is 9.10. The van der Waals surface area contributed by atoms with Gasteiger partial charge in [-0.3, -0.25) is 4.98 Å². The zero-order valence-electron chi connectivity index (χ0n) is 23.7. The summed E-state index contributed by atoms with van der Waals surface area (Å²) in [5.41, 5.74) is 4.82. The van der Waals surface area contributed by atoms with Crippen molar-refractivity contribution < 1.29 is 4.74 Å². The van der Waals surface area contributed by atoms with Crippen LogP contribution in [-0.2, 0) is 5.41 Å². The molecule has 0 bridgehead atoms. The summed E-state index contributed by atoms with van der Waals surface area (Å²) < 4.78 is 8.35. The zero-order chi connectivity index (χ0) is 27.7. The molecule has 5 rings (SSSR count). The van der Waals surface area contributed by atoms with E-state index in [-0.39, 0.29) is 16.2 Å². The maximum Gasteiger partial charge on any atom is 0.129 e. The molecule has 39 heavy (non-hydrogen) atoms. The van der Waals surface area contributed by atoms with Crippen molar-refractivity contribution in [2.24, 2.45) is 10.8 Å². The first-order valence-corrected chi connectivity index (χ1v) is 13.5. The van der Waals surface area contributed by atoms with Crippen LogP contribution in [-0.4, -0.2) is 14.8 Å². The lowest BCUT2D eigenvalue weighted by atomic mass is 9.49. The largest absolute Gasteiger partial charge is 0.457 e. The van der Waals surface area contributed by atoms with E-state index in [0.717, 1.165) is 34.0 Å². The van der Waals surface area contributed by atoms with Crippen LogP contribution in [0.15, 0.2) is 116 Å². The van der Waals surface area contributed by atoms with Crippen molar-refractivity contribution in [1.29, 1.82) is 0 Å². The highest BCUT2D eigenvalue weighted by molar-refractivity contribution is 5.62. The van der Waals surface area contributed by atoms with Crippen LogP contribution >= 0.6 is 0 Å².